The molecule has 0 bridgehead atoms. The fourth-order valence-corrected chi connectivity index (χ4v) is 4.51. The number of carbonyl (C=O) groups excluding carboxylic acids is 2. The Hall–Kier alpha value is -3.29. The van der Waals surface area contributed by atoms with Crippen LogP contribution in [0.5, 0.6) is 5.75 Å². The van der Waals surface area contributed by atoms with Gasteiger partial charge in [0.25, 0.3) is 5.91 Å². The number of ether oxygens (including phenoxy) is 2. The van der Waals surface area contributed by atoms with Crippen molar-refractivity contribution in [1.29, 1.82) is 0 Å². The number of amides is 2. The molecule has 0 aliphatic carbocycles. The normalized spacial score (nSPS) is 13.8. The quantitative estimate of drug-likeness (QED) is 0.533. The fourth-order valence-electron chi connectivity index (χ4n) is 4.29. The van der Waals surface area contributed by atoms with Crippen molar-refractivity contribution >= 4 is 23.4 Å². The Kier molecular flexibility index (Phi) is 7.24. The van der Waals surface area contributed by atoms with Crippen LogP contribution >= 0.6 is 11.6 Å². The Balaban J connectivity index is 1.69. The van der Waals surface area contributed by atoms with Crippen molar-refractivity contribution in [2.75, 3.05) is 47.0 Å². The number of rotatable bonds is 6. The van der Waals surface area contributed by atoms with Crippen LogP contribution in [0.15, 0.2) is 54.6 Å². The summed E-state index contributed by atoms with van der Waals surface area (Å²) in [6.45, 7) is 3.92. The topological polar surface area (TPSA) is 64.0 Å². The van der Waals surface area contributed by atoms with Gasteiger partial charge in [0, 0.05) is 39.0 Å². The van der Waals surface area contributed by atoms with Gasteiger partial charge in [-0.25, -0.2) is 0 Å². The average molecular weight is 482 g/mol. The second-order valence-corrected chi connectivity index (χ2v) is 8.56. The van der Waals surface area contributed by atoms with E-state index in [1.165, 1.54) is 7.11 Å². The van der Waals surface area contributed by atoms with Crippen molar-refractivity contribution < 1.29 is 19.1 Å². The van der Waals surface area contributed by atoms with Gasteiger partial charge in [-0.2, -0.15) is 0 Å². The first-order chi connectivity index (χ1) is 16.4. The summed E-state index contributed by atoms with van der Waals surface area (Å²) in [4.78, 5) is 29.2. The highest BCUT2D eigenvalue weighted by molar-refractivity contribution is 6.32. The molecule has 1 fully saturated rings. The van der Waals surface area contributed by atoms with E-state index in [0.717, 1.165) is 28.4 Å². The molecule has 8 heteroatoms. The van der Waals surface area contributed by atoms with E-state index in [-0.39, 0.29) is 18.4 Å². The third kappa shape index (κ3) is 4.67. The van der Waals surface area contributed by atoms with Gasteiger partial charge in [0.05, 0.1) is 29.1 Å². The molecule has 1 aromatic heterocycles. The number of para-hydroxylation sites is 1. The number of hydrogen-bond acceptors (Lipinski definition) is 4. The van der Waals surface area contributed by atoms with E-state index >= 15 is 0 Å². The third-order valence-corrected chi connectivity index (χ3v) is 6.46. The van der Waals surface area contributed by atoms with Crippen molar-refractivity contribution in [3.8, 4) is 22.7 Å². The lowest BCUT2D eigenvalue weighted by atomic mass is 10.1. The van der Waals surface area contributed by atoms with Gasteiger partial charge in [-0.1, -0.05) is 23.7 Å². The lowest BCUT2D eigenvalue weighted by Gasteiger charge is -2.34. The van der Waals surface area contributed by atoms with Gasteiger partial charge in [-0.05, 0) is 55.0 Å². The molecule has 1 saturated heterocycles. The number of carbonyl (C=O) groups is 2. The van der Waals surface area contributed by atoms with Gasteiger partial charge in [0.2, 0.25) is 5.91 Å². The molecule has 4 rings (SSSR count). The summed E-state index contributed by atoms with van der Waals surface area (Å²) in [7, 11) is 3.13. The molecule has 2 heterocycles. The maximum absolute atomic E-state index is 13.6. The van der Waals surface area contributed by atoms with E-state index in [0.29, 0.717) is 36.8 Å². The first kappa shape index (κ1) is 23.9. The van der Waals surface area contributed by atoms with E-state index < -0.39 is 0 Å². The second-order valence-electron chi connectivity index (χ2n) is 8.15. The van der Waals surface area contributed by atoms with Crippen LogP contribution in [0.3, 0.4) is 0 Å². The SMILES string of the molecule is COCC(=O)N1CCN(C(=O)c2cc(-c3ccc(OC)cc3)n(-c3ccccc3Cl)c2C)CC1. The summed E-state index contributed by atoms with van der Waals surface area (Å²) < 4.78 is 12.3. The molecule has 0 spiro atoms. The largest absolute Gasteiger partial charge is 0.497 e. The molecule has 3 aromatic rings. The first-order valence-electron chi connectivity index (χ1n) is 11.1. The molecule has 0 unspecified atom stereocenters. The minimum Gasteiger partial charge on any atom is -0.497 e. The Labute approximate surface area is 204 Å². The average Bonchev–Trinajstić information content (AvgIpc) is 3.21. The number of hydrogen-bond donors (Lipinski definition) is 0. The summed E-state index contributed by atoms with van der Waals surface area (Å²) in [5.74, 6) is 0.642. The standard InChI is InChI=1S/C26H28ClN3O4/c1-18-21(26(32)29-14-12-28(13-15-29)25(31)17-33-2)16-24(19-8-10-20(34-3)11-9-19)30(18)23-7-5-4-6-22(23)27/h4-11,16H,12-15,17H2,1-3H3. The number of nitrogens with zero attached hydrogens (tertiary/aromatic N) is 3. The van der Waals surface area contributed by atoms with E-state index in [2.05, 4.69) is 0 Å². The maximum Gasteiger partial charge on any atom is 0.255 e. The molecule has 0 N–H and O–H groups in total. The summed E-state index contributed by atoms with van der Waals surface area (Å²) in [5.41, 5.74) is 4.04. The van der Waals surface area contributed by atoms with Gasteiger partial charge in [-0.3, -0.25) is 9.59 Å². The van der Waals surface area contributed by atoms with Crippen LogP contribution in [0.1, 0.15) is 16.1 Å². The van der Waals surface area contributed by atoms with Crippen molar-refractivity contribution in [2.45, 2.75) is 6.92 Å². The summed E-state index contributed by atoms with van der Waals surface area (Å²) in [5, 5.41) is 0.597. The summed E-state index contributed by atoms with van der Waals surface area (Å²) in [6, 6.07) is 17.2. The second kappa shape index (κ2) is 10.3. The number of methoxy groups -OCH3 is 2. The highest BCUT2D eigenvalue weighted by Crippen LogP contribution is 2.34. The van der Waals surface area contributed by atoms with Crippen LogP contribution in [0.25, 0.3) is 16.9 Å². The smallest absolute Gasteiger partial charge is 0.255 e. The molecule has 0 atom stereocenters. The Bertz CT molecular complexity index is 1180. The van der Waals surface area contributed by atoms with E-state index in [9.17, 15) is 9.59 Å². The van der Waals surface area contributed by atoms with Crippen molar-refractivity contribution in [1.82, 2.24) is 14.4 Å². The monoisotopic (exact) mass is 481 g/mol. The molecule has 1 aliphatic rings. The van der Waals surface area contributed by atoms with Crippen LogP contribution in [0, 0.1) is 6.92 Å². The van der Waals surface area contributed by atoms with Crippen LogP contribution in [-0.4, -0.2) is 73.2 Å². The zero-order valence-electron chi connectivity index (χ0n) is 19.6. The summed E-state index contributed by atoms with van der Waals surface area (Å²) in [6.07, 6.45) is 0. The molecule has 1 aliphatic heterocycles. The Morgan fingerprint density at radius 2 is 1.59 bits per heavy atom. The molecule has 2 amide bonds. The highest BCUT2D eigenvalue weighted by Gasteiger charge is 2.28. The summed E-state index contributed by atoms with van der Waals surface area (Å²) >= 11 is 6.56. The first-order valence-corrected chi connectivity index (χ1v) is 11.5. The Morgan fingerprint density at radius 1 is 0.941 bits per heavy atom. The molecule has 34 heavy (non-hydrogen) atoms. The number of aromatic nitrogens is 1. The van der Waals surface area contributed by atoms with Crippen LogP contribution in [-0.2, 0) is 9.53 Å². The Morgan fingerprint density at radius 3 is 2.21 bits per heavy atom. The van der Waals surface area contributed by atoms with E-state index in [1.54, 1.807) is 16.9 Å². The van der Waals surface area contributed by atoms with Gasteiger partial charge in [0.1, 0.15) is 12.4 Å². The third-order valence-electron chi connectivity index (χ3n) is 6.14. The predicted molar refractivity (Wildman–Crippen MR) is 132 cm³/mol. The molecule has 178 valence electrons. The molecule has 2 aromatic carbocycles. The van der Waals surface area contributed by atoms with Crippen molar-refractivity contribution in [3.05, 3.63) is 70.9 Å². The van der Waals surface area contributed by atoms with Crippen molar-refractivity contribution in [2.24, 2.45) is 0 Å². The van der Waals surface area contributed by atoms with Crippen molar-refractivity contribution in [3.63, 3.8) is 0 Å². The molecular weight excluding hydrogens is 454 g/mol. The van der Waals surface area contributed by atoms with Crippen LogP contribution < -0.4 is 4.74 Å². The lowest BCUT2D eigenvalue weighted by Crippen LogP contribution is -2.51. The number of halogens is 1. The van der Waals surface area contributed by atoms with Gasteiger partial charge < -0.3 is 23.8 Å². The number of piperazine rings is 1. The zero-order chi connectivity index (χ0) is 24.2. The van der Waals surface area contributed by atoms with E-state index in [4.69, 9.17) is 21.1 Å². The number of benzene rings is 2. The zero-order valence-corrected chi connectivity index (χ0v) is 20.3. The minimum atomic E-state index is -0.0584. The van der Waals surface area contributed by atoms with Crippen LogP contribution in [0.2, 0.25) is 5.02 Å². The predicted octanol–water partition coefficient (Wildman–Crippen LogP) is 4.05. The molecule has 0 saturated carbocycles. The fraction of sp³-hybridized carbons (Fsp3) is 0.308. The molecular formula is C26H28ClN3O4. The lowest BCUT2D eigenvalue weighted by molar-refractivity contribution is -0.136. The molecule has 0 radical (unpaired) electrons. The minimum absolute atomic E-state index is 0.0545. The van der Waals surface area contributed by atoms with Gasteiger partial charge in [-0.15, -0.1) is 0 Å². The van der Waals surface area contributed by atoms with Crippen LogP contribution in [0.4, 0.5) is 0 Å². The van der Waals surface area contributed by atoms with Gasteiger partial charge >= 0.3 is 0 Å². The maximum atomic E-state index is 13.6. The molecule has 7 nitrogen and oxygen atoms in total. The van der Waals surface area contributed by atoms with Gasteiger partial charge in [0.15, 0.2) is 0 Å². The highest BCUT2D eigenvalue weighted by atomic mass is 35.5. The van der Waals surface area contributed by atoms with E-state index in [1.807, 2.05) is 66.1 Å².